The summed E-state index contributed by atoms with van der Waals surface area (Å²) >= 11 is 0. The highest BCUT2D eigenvalue weighted by Crippen LogP contribution is 2.17. The lowest BCUT2D eigenvalue weighted by Crippen LogP contribution is -2.35. The minimum atomic E-state index is -0.908. The van der Waals surface area contributed by atoms with Gasteiger partial charge < -0.3 is 10.0 Å². The van der Waals surface area contributed by atoms with Crippen LogP contribution in [0.1, 0.15) is 47.6 Å². The molecule has 1 aromatic carbocycles. The van der Waals surface area contributed by atoms with E-state index in [4.69, 9.17) is 0 Å². The number of nitrogens with zero attached hydrogens (tertiary/aromatic N) is 2. The normalized spacial score (nSPS) is 11.6. The van der Waals surface area contributed by atoms with Crippen molar-refractivity contribution in [3.05, 3.63) is 52.6 Å². The third-order valence-corrected chi connectivity index (χ3v) is 3.79. The molecule has 0 unspecified atom stereocenters. The Morgan fingerprint density at radius 2 is 2.04 bits per heavy atom. The topological polar surface area (TPSA) is 69.2 Å². The summed E-state index contributed by atoms with van der Waals surface area (Å²) in [6.07, 6.45) is 0.388. The molecule has 2 aromatic rings. The molecule has 2 rings (SSSR count). The lowest BCUT2D eigenvalue weighted by atomic mass is 10.0. The van der Waals surface area contributed by atoms with Gasteiger partial charge in [0.15, 0.2) is 0 Å². The van der Waals surface area contributed by atoms with Crippen molar-refractivity contribution < 1.29 is 14.3 Å². The molecule has 0 atom stereocenters. The van der Waals surface area contributed by atoms with E-state index in [-0.39, 0.29) is 18.3 Å². The largest absolute Gasteiger partial charge is 0.390 e. The maximum Gasteiger partial charge on any atom is 0.272 e. The Kier molecular flexibility index (Phi) is 5.39. The molecule has 5 nitrogen and oxygen atoms in total. The second kappa shape index (κ2) is 7.13. The molecule has 0 spiro atoms. The zero-order valence-corrected chi connectivity index (χ0v) is 14.6. The molecule has 0 bridgehead atoms. The molecule has 0 fully saturated rings. The molecule has 6 heteroatoms. The van der Waals surface area contributed by atoms with Gasteiger partial charge in [-0.1, -0.05) is 12.1 Å². The summed E-state index contributed by atoms with van der Waals surface area (Å²) in [5.41, 5.74) is 1.43. The van der Waals surface area contributed by atoms with Gasteiger partial charge in [-0.2, -0.15) is 5.10 Å². The Bertz CT molecular complexity index is 719. The maximum absolute atomic E-state index is 14.1. The molecule has 0 aliphatic carbocycles. The van der Waals surface area contributed by atoms with Gasteiger partial charge in [-0.15, -0.1) is 0 Å². The maximum atomic E-state index is 14.1. The first kappa shape index (κ1) is 18.1. The number of carbonyl (C=O) groups excluding carboxylic acids is 1. The van der Waals surface area contributed by atoms with Crippen LogP contribution in [-0.2, 0) is 6.54 Å². The Labute approximate surface area is 141 Å². The first-order chi connectivity index (χ1) is 11.2. The first-order valence-corrected chi connectivity index (χ1v) is 7.94. The van der Waals surface area contributed by atoms with Crippen LogP contribution in [0, 0.1) is 19.7 Å². The van der Waals surface area contributed by atoms with E-state index >= 15 is 0 Å². The van der Waals surface area contributed by atoms with Crippen molar-refractivity contribution in [2.75, 3.05) is 6.54 Å². The average Bonchev–Trinajstić information content (AvgIpc) is 2.90. The van der Waals surface area contributed by atoms with E-state index in [1.165, 1.54) is 11.0 Å². The van der Waals surface area contributed by atoms with Crippen LogP contribution in [0.4, 0.5) is 4.39 Å². The van der Waals surface area contributed by atoms with Crippen LogP contribution < -0.4 is 0 Å². The summed E-state index contributed by atoms with van der Waals surface area (Å²) in [6.45, 7) is 7.42. The zero-order chi connectivity index (χ0) is 17.9. The van der Waals surface area contributed by atoms with Crippen molar-refractivity contribution >= 4 is 5.91 Å². The van der Waals surface area contributed by atoms with Gasteiger partial charge in [0.1, 0.15) is 11.5 Å². The van der Waals surface area contributed by atoms with E-state index in [9.17, 15) is 14.3 Å². The minimum Gasteiger partial charge on any atom is -0.390 e. The fraction of sp³-hybridized carbons (Fsp3) is 0.444. The van der Waals surface area contributed by atoms with E-state index in [1.807, 2.05) is 13.0 Å². The molecule has 1 amide bonds. The Balaban J connectivity index is 2.23. The molecule has 2 N–H and O–H groups in total. The molecule has 130 valence electrons. The molecule has 1 heterocycles. The highest BCUT2D eigenvalue weighted by Gasteiger charge is 2.22. The van der Waals surface area contributed by atoms with Gasteiger partial charge in [-0.25, -0.2) is 4.39 Å². The number of aromatic amines is 1. The number of halogens is 1. The number of benzene rings is 1. The van der Waals surface area contributed by atoms with Gasteiger partial charge in [0.05, 0.1) is 11.3 Å². The number of carbonyl (C=O) groups is 1. The number of amides is 1. The minimum absolute atomic E-state index is 0.138. The van der Waals surface area contributed by atoms with E-state index in [1.54, 1.807) is 32.9 Å². The average molecular weight is 333 g/mol. The van der Waals surface area contributed by atoms with Crippen LogP contribution >= 0.6 is 0 Å². The van der Waals surface area contributed by atoms with Gasteiger partial charge in [-0.05, 0) is 51.8 Å². The number of rotatable bonds is 6. The summed E-state index contributed by atoms with van der Waals surface area (Å²) < 4.78 is 14.1. The number of H-pyrrole nitrogens is 1. The molecular weight excluding hydrogens is 309 g/mol. The first-order valence-electron chi connectivity index (χ1n) is 7.94. The second-order valence-electron chi connectivity index (χ2n) is 6.81. The monoisotopic (exact) mass is 333 g/mol. The van der Waals surface area contributed by atoms with Crippen LogP contribution in [0.3, 0.4) is 0 Å². The van der Waals surface area contributed by atoms with Gasteiger partial charge in [-0.3, -0.25) is 9.89 Å². The van der Waals surface area contributed by atoms with Gasteiger partial charge in [0, 0.05) is 18.7 Å². The van der Waals surface area contributed by atoms with Crippen molar-refractivity contribution in [2.24, 2.45) is 0 Å². The number of hydrogen-bond donors (Lipinski definition) is 2. The van der Waals surface area contributed by atoms with Gasteiger partial charge >= 0.3 is 0 Å². The van der Waals surface area contributed by atoms with E-state index in [0.717, 1.165) is 5.56 Å². The molecule has 0 aliphatic rings. The molecule has 0 saturated heterocycles. The fourth-order valence-electron chi connectivity index (χ4n) is 2.35. The zero-order valence-electron chi connectivity index (χ0n) is 14.6. The smallest absolute Gasteiger partial charge is 0.272 e. The van der Waals surface area contributed by atoms with Crippen LogP contribution in [0.5, 0.6) is 0 Å². The Hall–Kier alpha value is -2.21. The number of aromatic nitrogens is 2. The summed E-state index contributed by atoms with van der Waals surface area (Å²) in [5, 5.41) is 16.6. The van der Waals surface area contributed by atoms with Crippen molar-refractivity contribution in [3.63, 3.8) is 0 Å². The third-order valence-electron chi connectivity index (χ3n) is 3.79. The molecule has 1 aromatic heterocycles. The Morgan fingerprint density at radius 3 is 2.58 bits per heavy atom. The van der Waals surface area contributed by atoms with Gasteiger partial charge in [0.2, 0.25) is 0 Å². The highest BCUT2D eigenvalue weighted by molar-refractivity contribution is 5.92. The quantitative estimate of drug-likeness (QED) is 0.854. The SMILES string of the molecule is Cc1ccc(CN(CCC(C)(C)O)C(=O)c2cc(C)n[nH]2)c(F)c1. The molecule has 0 aliphatic heterocycles. The summed E-state index contributed by atoms with van der Waals surface area (Å²) in [6, 6.07) is 6.61. The fourth-order valence-corrected chi connectivity index (χ4v) is 2.35. The van der Waals surface area contributed by atoms with Crippen molar-refractivity contribution in [2.45, 2.75) is 46.3 Å². The van der Waals surface area contributed by atoms with Crippen molar-refractivity contribution in [1.82, 2.24) is 15.1 Å². The third kappa shape index (κ3) is 4.89. The van der Waals surface area contributed by atoms with Crippen LogP contribution in [0.25, 0.3) is 0 Å². The number of nitrogens with one attached hydrogen (secondary N) is 1. The van der Waals surface area contributed by atoms with Crippen LogP contribution in [0.2, 0.25) is 0 Å². The predicted octanol–water partition coefficient (Wildman–Crippen LogP) is 2.97. The van der Waals surface area contributed by atoms with E-state index in [2.05, 4.69) is 10.2 Å². The van der Waals surface area contributed by atoms with E-state index < -0.39 is 5.60 Å². The van der Waals surface area contributed by atoms with Crippen LogP contribution in [0.15, 0.2) is 24.3 Å². The molecular formula is C18H24FN3O2. The number of aryl methyl sites for hydroxylation is 2. The second-order valence-corrected chi connectivity index (χ2v) is 6.81. The molecule has 0 radical (unpaired) electrons. The number of aliphatic hydroxyl groups is 1. The van der Waals surface area contributed by atoms with E-state index in [0.29, 0.717) is 29.9 Å². The summed E-state index contributed by atoms with van der Waals surface area (Å²) in [4.78, 5) is 14.2. The standard InChI is InChI=1S/C18H24FN3O2/c1-12-5-6-14(15(19)9-12)11-22(8-7-18(3,4)24)17(23)16-10-13(2)20-21-16/h5-6,9-10,24H,7-8,11H2,1-4H3,(H,20,21). The summed E-state index contributed by atoms with van der Waals surface area (Å²) in [5.74, 6) is -0.600. The molecule has 24 heavy (non-hydrogen) atoms. The number of hydrogen-bond acceptors (Lipinski definition) is 3. The predicted molar refractivity (Wildman–Crippen MR) is 90.1 cm³/mol. The van der Waals surface area contributed by atoms with Crippen LogP contribution in [-0.4, -0.2) is 38.3 Å². The van der Waals surface area contributed by atoms with Gasteiger partial charge in [0.25, 0.3) is 5.91 Å². The van der Waals surface area contributed by atoms with Crippen molar-refractivity contribution in [1.29, 1.82) is 0 Å². The molecule has 0 saturated carbocycles. The lowest BCUT2D eigenvalue weighted by Gasteiger charge is -2.26. The Morgan fingerprint density at radius 1 is 1.33 bits per heavy atom. The summed E-state index contributed by atoms with van der Waals surface area (Å²) in [7, 11) is 0. The lowest BCUT2D eigenvalue weighted by molar-refractivity contribution is 0.0489. The van der Waals surface area contributed by atoms with Crippen molar-refractivity contribution in [3.8, 4) is 0 Å². The highest BCUT2D eigenvalue weighted by atomic mass is 19.1.